The Bertz CT molecular complexity index is 1530. The van der Waals surface area contributed by atoms with Crippen LogP contribution < -0.4 is 0 Å². The fourth-order valence-corrected chi connectivity index (χ4v) is 6.74. The van der Waals surface area contributed by atoms with Gasteiger partial charge in [0.1, 0.15) is 37.9 Å². The monoisotopic (exact) mass is 597 g/mol. The summed E-state index contributed by atoms with van der Waals surface area (Å²) in [7, 11) is 0. The fourth-order valence-electron chi connectivity index (χ4n) is 6.74. The van der Waals surface area contributed by atoms with Crippen molar-refractivity contribution in [1.29, 1.82) is 0 Å². The summed E-state index contributed by atoms with van der Waals surface area (Å²) in [5.41, 5.74) is 11.0. The van der Waals surface area contributed by atoms with Gasteiger partial charge in [-0.15, -0.1) is 0 Å². The maximum atomic E-state index is 6.19. The second-order valence-corrected chi connectivity index (χ2v) is 12.1. The number of hydrogen-bond donors (Lipinski definition) is 0. The molecule has 0 N–H and O–H groups in total. The SMILES string of the molecule is Cc1c(CC2=NC(c3ccccc3)CO2)c(C)c(CC2=N[C@@H](c3ccccc3)CO2)c(C)c1CC1=N[C@@H](c2ccccc2)CO1. The summed E-state index contributed by atoms with van der Waals surface area (Å²) in [6, 6.07) is 31.2. The number of ether oxygens (including phenoxy) is 3. The summed E-state index contributed by atoms with van der Waals surface area (Å²) >= 11 is 0. The van der Waals surface area contributed by atoms with Crippen molar-refractivity contribution in [2.24, 2.45) is 15.0 Å². The summed E-state index contributed by atoms with van der Waals surface area (Å²) < 4.78 is 18.6. The number of nitrogens with zero attached hydrogens (tertiary/aromatic N) is 3. The molecule has 45 heavy (non-hydrogen) atoms. The van der Waals surface area contributed by atoms with Crippen LogP contribution in [-0.4, -0.2) is 37.5 Å². The predicted octanol–water partition coefficient (Wildman–Crippen LogP) is 7.75. The van der Waals surface area contributed by atoms with Crippen LogP contribution in [0.2, 0.25) is 0 Å². The third-order valence-corrected chi connectivity index (χ3v) is 9.38. The second-order valence-electron chi connectivity index (χ2n) is 12.1. The van der Waals surface area contributed by atoms with Crippen molar-refractivity contribution in [3.63, 3.8) is 0 Å². The summed E-state index contributed by atoms with van der Waals surface area (Å²) in [4.78, 5) is 15.0. The topological polar surface area (TPSA) is 64.8 Å². The first-order chi connectivity index (χ1) is 22.0. The zero-order valence-corrected chi connectivity index (χ0v) is 26.2. The normalized spacial score (nSPS) is 20.6. The highest BCUT2D eigenvalue weighted by Gasteiger charge is 2.28. The van der Waals surface area contributed by atoms with Crippen LogP contribution in [0.3, 0.4) is 0 Å². The lowest BCUT2D eigenvalue weighted by atomic mass is 9.84. The summed E-state index contributed by atoms with van der Waals surface area (Å²) in [5.74, 6) is 2.36. The van der Waals surface area contributed by atoms with Gasteiger partial charge in [-0.2, -0.15) is 0 Å². The lowest BCUT2D eigenvalue weighted by Crippen LogP contribution is -2.16. The van der Waals surface area contributed by atoms with E-state index in [2.05, 4.69) is 93.6 Å². The van der Waals surface area contributed by atoms with Gasteiger partial charge in [0.25, 0.3) is 0 Å². The van der Waals surface area contributed by atoms with Crippen molar-refractivity contribution < 1.29 is 14.2 Å². The minimum absolute atomic E-state index is 0.0264. The molecule has 228 valence electrons. The predicted molar refractivity (Wildman–Crippen MR) is 179 cm³/mol. The third kappa shape index (κ3) is 6.15. The Morgan fingerprint density at radius 1 is 0.444 bits per heavy atom. The number of aliphatic imine (C=N–C) groups is 3. The molecule has 0 saturated heterocycles. The Morgan fingerprint density at radius 2 is 0.711 bits per heavy atom. The fraction of sp³-hybridized carbons (Fsp3) is 0.308. The highest BCUT2D eigenvalue weighted by atomic mass is 16.5. The molecule has 0 aliphatic carbocycles. The molecule has 1 unspecified atom stereocenters. The maximum Gasteiger partial charge on any atom is 0.188 e. The molecule has 4 aromatic carbocycles. The Labute approximate surface area is 265 Å². The molecule has 0 saturated carbocycles. The highest BCUT2D eigenvalue weighted by Crippen LogP contribution is 2.34. The molecule has 6 heteroatoms. The molecular weight excluding hydrogens is 558 g/mol. The van der Waals surface area contributed by atoms with E-state index in [1.807, 2.05) is 18.2 Å². The van der Waals surface area contributed by atoms with E-state index in [-0.39, 0.29) is 18.1 Å². The van der Waals surface area contributed by atoms with Gasteiger partial charge in [0.15, 0.2) is 17.7 Å². The molecular formula is C39H39N3O3. The number of rotatable bonds is 9. The first-order valence-electron chi connectivity index (χ1n) is 15.9. The van der Waals surface area contributed by atoms with E-state index in [1.54, 1.807) is 0 Å². The van der Waals surface area contributed by atoms with E-state index in [1.165, 1.54) is 50.1 Å². The molecule has 3 aliphatic rings. The standard InChI is InChI=1S/C39H39N3O3/c1-25-31(19-37-40-34(22-43-37)28-13-7-4-8-14-28)26(2)33(21-39-42-36(24-45-39)30-17-11-6-12-18-30)27(3)32(25)20-38-41-35(23-44-38)29-15-9-5-10-16-29/h4-18,34-36H,19-24H2,1-3H3/t34-,35-,36?/m1/s1. The van der Waals surface area contributed by atoms with Gasteiger partial charge >= 0.3 is 0 Å². The van der Waals surface area contributed by atoms with Crippen LogP contribution >= 0.6 is 0 Å². The van der Waals surface area contributed by atoms with E-state index >= 15 is 0 Å². The van der Waals surface area contributed by atoms with Crippen LogP contribution in [0.4, 0.5) is 0 Å². The minimum atomic E-state index is 0.0264. The molecule has 3 aliphatic heterocycles. The van der Waals surface area contributed by atoms with Crippen LogP contribution in [0.1, 0.15) is 68.2 Å². The molecule has 0 spiro atoms. The zero-order valence-electron chi connectivity index (χ0n) is 26.2. The van der Waals surface area contributed by atoms with Crippen molar-refractivity contribution in [3.8, 4) is 0 Å². The van der Waals surface area contributed by atoms with E-state index in [9.17, 15) is 0 Å². The largest absolute Gasteiger partial charge is 0.478 e. The van der Waals surface area contributed by atoms with Gasteiger partial charge in [-0.25, -0.2) is 15.0 Å². The molecule has 6 nitrogen and oxygen atoms in total. The average molecular weight is 598 g/mol. The van der Waals surface area contributed by atoms with E-state index in [4.69, 9.17) is 29.2 Å². The second kappa shape index (κ2) is 12.7. The summed E-state index contributed by atoms with van der Waals surface area (Å²) in [6.45, 7) is 8.37. The van der Waals surface area contributed by atoms with Crippen molar-refractivity contribution in [3.05, 3.63) is 141 Å². The van der Waals surface area contributed by atoms with Crippen molar-refractivity contribution in [2.45, 2.75) is 58.2 Å². The lowest BCUT2D eigenvalue weighted by molar-refractivity contribution is 0.313. The number of hydrogen-bond acceptors (Lipinski definition) is 6. The first kappa shape index (κ1) is 29.0. The molecule has 0 radical (unpaired) electrons. The average Bonchev–Trinajstić information content (AvgIpc) is 3.87. The lowest BCUT2D eigenvalue weighted by Gasteiger charge is -2.22. The van der Waals surface area contributed by atoms with Crippen LogP contribution in [0.25, 0.3) is 0 Å². The van der Waals surface area contributed by atoms with Crippen LogP contribution in [-0.2, 0) is 33.5 Å². The van der Waals surface area contributed by atoms with Crippen molar-refractivity contribution in [1.82, 2.24) is 0 Å². The van der Waals surface area contributed by atoms with Crippen LogP contribution in [0.15, 0.2) is 106 Å². The van der Waals surface area contributed by atoms with Gasteiger partial charge in [-0.3, -0.25) is 0 Å². The van der Waals surface area contributed by atoms with Gasteiger partial charge in [0.2, 0.25) is 0 Å². The molecule has 0 fully saturated rings. The highest BCUT2D eigenvalue weighted by molar-refractivity contribution is 5.86. The third-order valence-electron chi connectivity index (χ3n) is 9.38. The molecule has 3 atom stereocenters. The molecule has 3 heterocycles. The van der Waals surface area contributed by atoms with Crippen LogP contribution in [0, 0.1) is 20.8 Å². The minimum Gasteiger partial charge on any atom is -0.478 e. The molecule has 4 aromatic rings. The molecule has 7 rings (SSSR count). The summed E-state index contributed by atoms with van der Waals surface area (Å²) in [5, 5.41) is 0. The molecule has 0 aromatic heterocycles. The van der Waals surface area contributed by atoms with Gasteiger partial charge in [0.05, 0.1) is 0 Å². The van der Waals surface area contributed by atoms with Gasteiger partial charge in [0, 0.05) is 19.3 Å². The van der Waals surface area contributed by atoms with Crippen LogP contribution in [0.5, 0.6) is 0 Å². The van der Waals surface area contributed by atoms with Crippen molar-refractivity contribution in [2.75, 3.05) is 19.8 Å². The van der Waals surface area contributed by atoms with Gasteiger partial charge in [-0.05, 0) is 70.8 Å². The Hall–Kier alpha value is -4.71. The van der Waals surface area contributed by atoms with E-state index < -0.39 is 0 Å². The summed E-state index contributed by atoms with van der Waals surface area (Å²) in [6.07, 6.45) is 1.92. The number of benzene rings is 4. The smallest absolute Gasteiger partial charge is 0.188 e. The quantitative estimate of drug-likeness (QED) is 0.198. The van der Waals surface area contributed by atoms with E-state index in [0.717, 1.165) is 17.7 Å². The van der Waals surface area contributed by atoms with Gasteiger partial charge < -0.3 is 14.2 Å². The Morgan fingerprint density at radius 3 is 0.978 bits per heavy atom. The maximum absolute atomic E-state index is 6.19. The van der Waals surface area contributed by atoms with Crippen molar-refractivity contribution >= 4 is 17.7 Å². The molecule has 0 amide bonds. The Kier molecular flexibility index (Phi) is 8.21. The molecule has 0 bridgehead atoms. The van der Waals surface area contributed by atoms with E-state index in [0.29, 0.717) is 39.1 Å². The zero-order chi connectivity index (χ0) is 30.8. The first-order valence-corrected chi connectivity index (χ1v) is 15.9. The Balaban J connectivity index is 1.22. The van der Waals surface area contributed by atoms with Gasteiger partial charge in [-0.1, -0.05) is 91.0 Å².